The molecule has 1 saturated heterocycles. The summed E-state index contributed by atoms with van der Waals surface area (Å²) < 4.78 is 26.9. The van der Waals surface area contributed by atoms with Gasteiger partial charge in [0.1, 0.15) is 17.7 Å². The normalized spacial score (nSPS) is 19.8. The zero-order valence-corrected chi connectivity index (χ0v) is 12.9. The zero-order chi connectivity index (χ0) is 16.3. The second-order valence-electron chi connectivity index (χ2n) is 5.68. The third-order valence-electron chi connectivity index (χ3n) is 4.42. The van der Waals surface area contributed by atoms with E-state index in [1.54, 1.807) is 0 Å². The molecule has 4 nitrogen and oxygen atoms in total. The Bertz CT molecular complexity index is 531. The molecule has 122 valence electrons. The van der Waals surface area contributed by atoms with Crippen molar-refractivity contribution in [3.8, 4) is 0 Å². The van der Waals surface area contributed by atoms with Gasteiger partial charge in [0.2, 0.25) is 0 Å². The number of aliphatic carboxylic acids is 1. The van der Waals surface area contributed by atoms with Crippen LogP contribution in [-0.4, -0.2) is 53.1 Å². The highest BCUT2D eigenvalue weighted by atomic mass is 19.1. The summed E-state index contributed by atoms with van der Waals surface area (Å²) in [7, 11) is 0. The van der Waals surface area contributed by atoms with Crippen LogP contribution in [0, 0.1) is 11.6 Å². The van der Waals surface area contributed by atoms with Crippen molar-refractivity contribution >= 4 is 5.97 Å². The van der Waals surface area contributed by atoms with Gasteiger partial charge >= 0.3 is 5.97 Å². The van der Waals surface area contributed by atoms with Gasteiger partial charge in [-0.15, -0.1) is 0 Å². The molecule has 1 fully saturated rings. The van der Waals surface area contributed by atoms with E-state index in [1.165, 1.54) is 12.1 Å². The number of hydrogen-bond donors (Lipinski definition) is 1. The van der Waals surface area contributed by atoms with E-state index in [2.05, 4.69) is 4.90 Å². The number of carboxylic acid groups (broad SMARTS) is 1. The molecule has 0 spiro atoms. The Hall–Kier alpha value is -1.53. The smallest absolute Gasteiger partial charge is 0.320 e. The molecular weight excluding hydrogens is 290 g/mol. The molecule has 2 rings (SSSR count). The summed E-state index contributed by atoms with van der Waals surface area (Å²) in [6.07, 6.45) is 0.567. The van der Waals surface area contributed by atoms with Crippen LogP contribution in [0.3, 0.4) is 0 Å². The summed E-state index contributed by atoms with van der Waals surface area (Å²) in [4.78, 5) is 15.3. The lowest BCUT2D eigenvalue weighted by Crippen LogP contribution is -2.52. The van der Waals surface area contributed by atoms with E-state index >= 15 is 0 Å². The van der Waals surface area contributed by atoms with Gasteiger partial charge in [0.25, 0.3) is 0 Å². The van der Waals surface area contributed by atoms with Crippen LogP contribution in [-0.2, 0) is 4.79 Å². The molecule has 1 aromatic rings. The molecule has 0 radical (unpaired) electrons. The number of rotatable bonds is 5. The molecule has 0 aliphatic carbocycles. The fourth-order valence-corrected chi connectivity index (χ4v) is 3.06. The van der Waals surface area contributed by atoms with Crippen molar-refractivity contribution in [1.29, 1.82) is 0 Å². The van der Waals surface area contributed by atoms with Crippen LogP contribution >= 0.6 is 0 Å². The van der Waals surface area contributed by atoms with Crippen molar-refractivity contribution in [3.05, 3.63) is 35.4 Å². The van der Waals surface area contributed by atoms with Gasteiger partial charge in [-0.1, -0.05) is 13.0 Å². The van der Waals surface area contributed by atoms with Crippen molar-refractivity contribution in [1.82, 2.24) is 9.80 Å². The van der Waals surface area contributed by atoms with Crippen molar-refractivity contribution in [2.24, 2.45) is 0 Å². The monoisotopic (exact) mass is 312 g/mol. The summed E-state index contributed by atoms with van der Waals surface area (Å²) in [5, 5.41) is 9.20. The quantitative estimate of drug-likeness (QED) is 0.907. The topological polar surface area (TPSA) is 43.8 Å². The lowest BCUT2D eigenvalue weighted by molar-refractivity contribution is -0.144. The van der Waals surface area contributed by atoms with E-state index in [9.17, 15) is 18.7 Å². The zero-order valence-electron chi connectivity index (χ0n) is 12.9. The summed E-state index contributed by atoms with van der Waals surface area (Å²) in [5.41, 5.74) is 0.472. The number of nitrogens with zero attached hydrogens (tertiary/aromatic N) is 2. The largest absolute Gasteiger partial charge is 0.480 e. The van der Waals surface area contributed by atoms with Crippen LogP contribution < -0.4 is 0 Å². The van der Waals surface area contributed by atoms with Gasteiger partial charge in [-0.05, 0) is 19.4 Å². The van der Waals surface area contributed by atoms with E-state index in [-0.39, 0.29) is 6.04 Å². The molecule has 1 aromatic carbocycles. The molecule has 1 aliphatic rings. The molecule has 22 heavy (non-hydrogen) atoms. The predicted octanol–water partition coefficient (Wildman–Crippen LogP) is 2.51. The number of hydrogen-bond acceptors (Lipinski definition) is 3. The van der Waals surface area contributed by atoms with Crippen LogP contribution in [0.1, 0.15) is 31.9 Å². The minimum absolute atomic E-state index is 0.160. The third-order valence-corrected chi connectivity index (χ3v) is 4.42. The molecule has 2 unspecified atom stereocenters. The van der Waals surface area contributed by atoms with Gasteiger partial charge in [-0.25, -0.2) is 8.78 Å². The molecule has 0 aromatic heterocycles. The third kappa shape index (κ3) is 3.62. The average Bonchev–Trinajstić information content (AvgIpc) is 2.47. The van der Waals surface area contributed by atoms with Crippen LogP contribution in [0.25, 0.3) is 0 Å². The first kappa shape index (κ1) is 16.8. The van der Waals surface area contributed by atoms with Gasteiger partial charge < -0.3 is 5.11 Å². The van der Waals surface area contributed by atoms with Gasteiger partial charge in [0.15, 0.2) is 0 Å². The van der Waals surface area contributed by atoms with E-state index in [4.69, 9.17) is 0 Å². The number of piperazine rings is 1. The summed E-state index contributed by atoms with van der Waals surface area (Å²) in [5.74, 6) is -1.91. The Kier molecular flexibility index (Phi) is 5.47. The van der Waals surface area contributed by atoms with Crippen molar-refractivity contribution < 1.29 is 18.7 Å². The maximum Gasteiger partial charge on any atom is 0.320 e. The van der Waals surface area contributed by atoms with E-state index in [1.807, 2.05) is 18.7 Å². The number of halogens is 2. The van der Waals surface area contributed by atoms with Gasteiger partial charge in [-0.2, -0.15) is 0 Å². The van der Waals surface area contributed by atoms with E-state index in [0.717, 1.165) is 6.07 Å². The Labute approximate surface area is 129 Å². The molecular formula is C16H22F2N2O2. The molecule has 2 atom stereocenters. The number of carboxylic acids is 1. The fourth-order valence-electron chi connectivity index (χ4n) is 3.06. The predicted molar refractivity (Wildman–Crippen MR) is 79.6 cm³/mol. The number of benzene rings is 1. The van der Waals surface area contributed by atoms with E-state index in [0.29, 0.717) is 38.2 Å². The summed E-state index contributed by atoms with van der Waals surface area (Å²) >= 11 is 0. The highest BCUT2D eigenvalue weighted by Gasteiger charge is 2.29. The van der Waals surface area contributed by atoms with E-state index < -0.39 is 23.6 Å². The Morgan fingerprint density at radius 3 is 2.32 bits per heavy atom. The van der Waals surface area contributed by atoms with Crippen molar-refractivity contribution in [2.75, 3.05) is 26.2 Å². The maximum atomic E-state index is 13.9. The minimum atomic E-state index is -0.798. The second kappa shape index (κ2) is 7.15. The van der Waals surface area contributed by atoms with Crippen LogP contribution in [0.15, 0.2) is 18.2 Å². The summed E-state index contributed by atoms with van der Waals surface area (Å²) in [6.45, 7) is 6.36. The highest BCUT2D eigenvalue weighted by Crippen LogP contribution is 2.25. The molecule has 1 N–H and O–H groups in total. The Balaban J connectivity index is 2.00. The first-order valence-corrected chi connectivity index (χ1v) is 7.60. The standard InChI is InChI=1S/C16H22F2N2O2/c1-3-15(16(21)22)20-8-6-19(7-9-20)11(2)13-5-4-12(17)10-14(13)18/h4-5,10-11,15H,3,6-9H2,1-2H3,(H,21,22). The summed E-state index contributed by atoms with van der Waals surface area (Å²) in [6, 6.07) is 3.03. The number of carbonyl (C=O) groups is 1. The molecule has 0 bridgehead atoms. The van der Waals surface area contributed by atoms with Crippen molar-refractivity contribution in [2.45, 2.75) is 32.4 Å². The van der Waals surface area contributed by atoms with Gasteiger partial charge in [0, 0.05) is 43.9 Å². The van der Waals surface area contributed by atoms with Gasteiger partial charge in [-0.3, -0.25) is 14.6 Å². The second-order valence-corrected chi connectivity index (χ2v) is 5.68. The Morgan fingerprint density at radius 1 is 1.23 bits per heavy atom. The molecule has 0 amide bonds. The molecule has 6 heteroatoms. The van der Waals surface area contributed by atoms with Crippen LogP contribution in [0.4, 0.5) is 8.78 Å². The van der Waals surface area contributed by atoms with Crippen molar-refractivity contribution in [3.63, 3.8) is 0 Å². The van der Waals surface area contributed by atoms with Crippen LogP contribution in [0.5, 0.6) is 0 Å². The highest BCUT2D eigenvalue weighted by molar-refractivity contribution is 5.73. The van der Waals surface area contributed by atoms with Gasteiger partial charge in [0.05, 0.1) is 0 Å². The first-order chi connectivity index (χ1) is 10.4. The lowest BCUT2D eigenvalue weighted by Gasteiger charge is -2.40. The molecule has 1 heterocycles. The maximum absolute atomic E-state index is 13.9. The minimum Gasteiger partial charge on any atom is -0.480 e. The first-order valence-electron chi connectivity index (χ1n) is 7.60. The molecule has 1 aliphatic heterocycles. The SMILES string of the molecule is CCC(C(=O)O)N1CCN(C(C)c2ccc(F)cc2F)CC1. The fraction of sp³-hybridized carbons (Fsp3) is 0.562. The van der Waals surface area contributed by atoms with Crippen LogP contribution in [0.2, 0.25) is 0 Å². The lowest BCUT2D eigenvalue weighted by atomic mass is 10.0. The molecule has 0 saturated carbocycles. The average molecular weight is 312 g/mol. The Morgan fingerprint density at radius 2 is 1.82 bits per heavy atom.